The van der Waals surface area contributed by atoms with Gasteiger partial charge in [-0.25, -0.2) is 4.39 Å². The van der Waals surface area contributed by atoms with Gasteiger partial charge in [0.1, 0.15) is 11.5 Å². The summed E-state index contributed by atoms with van der Waals surface area (Å²) < 4.78 is 13.1. The van der Waals surface area contributed by atoms with Crippen LogP contribution in [0.15, 0.2) is 30.3 Å². The van der Waals surface area contributed by atoms with Crippen LogP contribution in [0.1, 0.15) is 39.8 Å². The summed E-state index contributed by atoms with van der Waals surface area (Å²) in [4.78, 5) is 17.5. The number of rotatable bonds is 2. The molecule has 0 saturated carbocycles. The Hall–Kier alpha value is -2.14. The lowest BCUT2D eigenvalue weighted by molar-refractivity contribution is 0.0709. The molecular formula is C17H19FN2O2. The van der Waals surface area contributed by atoms with Crippen LogP contribution in [0.4, 0.5) is 4.39 Å². The molecule has 2 aromatic rings. The number of aryl methyl sites for hydroxylation is 2. The molecule has 1 aliphatic rings. The summed E-state index contributed by atoms with van der Waals surface area (Å²) in [5, 5.41) is 9.98. The predicted molar refractivity (Wildman–Crippen MR) is 81.1 cm³/mol. The van der Waals surface area contributed by atoms with Crippen LogP contribution >= 0.6 is 0 Å². The van der Waals surface area contributed by atoms with Crippen molar-refractivity contribution in [2.45, 2.75) is 32.4 Å². The lowest BCUT2D eigenvalue weighted by Crippen LogP contribution is -2.32. The molecular weight excluding hydrogens is 283 g/mol. The SMILES string of the molecule is Cc1cc(C)c(C(=O)N2C[C@H](O)C[C@@H]2c2ccc(F)cc2)[nH]1. The van der Waals surface area contributed by atoms with Crippen LogP contribution in [0.2, 0.25) is 0 Å². The molecule has 1 aromatic carbocycles. The fourth-order valence-corrected chi connectivity index (χ4v) is 3.13. The molecule has 1 amide bonds. The standard InChI is InChI=1S/C17H19FN2O2/c1-10-7-11(2)19-16(10)17(22)20-9-14(21)8-15(20)12-3-5-13(18)6-4-12/h3-7,14-15,19,21H,8-9H2,1-2H3/t14-,15-/m1/s1. The molecule has 116 valence electrons. The van der Waals surface area contributed by atoms with E-state index in [2.05, 4.69) is 4.98 Å². The van der Waals surface area contributed by atoms with Gasteiger partial charge in [0, 0.05) is 12.2 Å². The number of hydrogen-bond donors (Lipinski definition) is 2. The van der Waals surface area contributed by atoms with Gasteiger partial charge in [-0.2, -0.15) is 0 Å². The van der Waals surface area contributed by atoms with Crippen LogP contribution in [0.5, 0.6) is 0 Å². The van der Waals surface area contributed by atoms with Crippen LogP contribution in [0.3, 0.4) is 0 Å². The van der Waals surface area contributed by atoms with Crippen molar-refractivity contribution in [3.63, 3.8) is 0 Å². The second-order valence-electron chi connectivity index (χ2n) is 5.92. The predicted octanol–water partition coefficient (Wildman–Crippen LogP) is 2.72. The average Bonchev–Trinajstić information content (AvgIpc) is 3.01. The lowest BCUT2D eigenvalue weighted by Gasteiger charge is -2.24. The summed E-state index contributed by atoms with van der Waals surface area (Å²) in [6.45, 7) is 4.08. The average molecular weight is 302 g/mol. The van der Waals surface area contributed by atoms with Gasteiger partial charge in [0.25, 0.3) is 5.91 Å². The molecule has 0 aliphatic carbocycles. The molecule has 2 heterocycles. The molecule has 1 aromatic heterocycles. The molecule has 1 aliphatic heterocycles. The summed E-state index contributed by atoms with van der Waals surface area (Å²) in [6, 6.07) is 7.80. The van der Waals surface area contributed by atoms with Crippen molar-refractivity contribution in [2.75, 3.05) is 6.54 Å². The van der Waals surface area contributed by atoms with E-state index in [1.165, 1.54) is 12.1 Å². The van der Waals surface area contributed by atoms with Crippen LogP contribution < -0.4 is 0 Å². The number of aromatic nitrogens is 1. The van der Waals surface area contributed by atoms with Crippen LogP contribution in [-0.4, -0.2) is 33.5 Å². The maximum Gasteiger partial charge on any atom is 0.271 e. The third kappa shape index (κ3) is 2.64. The fraction of sp³-hybridized carbons (Fsp3) is 0.353. The molecule has 3 rings (SSSR count). The van der Waals surface area contributed by atoms with Crippen molar-refractivity contribution in [3.05, 3.63) is 58.7 Å². The Balaban J connectivity index is 1.92. The molecule has 0 radical (unpaired) electrons. The summed E-state index contributed by atoms with van der Waals surface area (Å²) in [5.74, 6) is -0.438. The van der Waals surface area contributed by atoms with Gasteiger partial charge in [-0.1, -0.05) is 12.1 Å². The molecule has 2 atom stereocenters. The molecule has 22 heavy (non-hydrogen) atoms. The third-order valence-corrected chi connectivity index (χ3v) is 4.16. The van der Waals surface area contributed by atoms with Gasteiger partial charge in [0.15, 0.2) is 0 Å². The normalized spacial score (nSPS) is 21.4. The number of aliphatic hydroxyl groups is 1. The summed E-state index contributed by atoms with van der Waals surface area (Å²) >= 11 is 0. The van der Waals surface area contributed by atoms with Crippen molar-refractivity contribution >= 4 is 5.91 Å². The second kappa shape index (κ2) is 5.57. The first-order chi connectivity index (χ1) is 10.5. The number of benzene rings is 1. The number of likely N-dealkylation sites (tertiary alicyclic amines) is 1. The fourth-order valence-electron chi connectivity index (χ4n) is 3.13. The van der Waals surface area contributed by atoms with Crippen LogP contribution in [-0.2, 0) is 0 Å². The van der Waals surface area contributed by atoms with E-state index in [0.29, 0.717) is 18.7 Å². The highest BCUT2D eigenvalue weighted by Crippen LogP contribution is 2.33. The summed E-state index contributed by atoms with van der Waals surface area (Å²) in [7, 11) is 0. The van der Waals surface area contributed by atoms with Crippen molar-refractivity contribution < 1.29 is 14.3 Å². The van der Waals surface area contributed by atoms with E-state index in [4.69, 9.17) is 0 Å². The number of H-pyrrole nitrogens is 1. The number of amides is 1. The number of aliphatic hydroxyl groups excluding tert-OH is 1. The molecule has 1 fully saturated rings. The lowest BCUT2D eigenvalue weighted by atomic mass is 10.0. The number of halogens is 1. The molecule has 0 unspecified atom stereocenters. The van der Waals surface area contributed by atoms with Gasteiger partial charge in [-0.05, 0) is 49.6 Å². The van der Waals surface area contributed by atoms with E-state index >= 15 is 0 Å². The highest BCUT2D eigenvalue weighted by Gasteiger charge is 2.36. The topological polar surface area (TPSA) is 56.3 Å². The smallest absolute Gasteiger partial charge is 0.271 e. The van der Waals surface area contributed by atoms with Gasteiger partial charge < -0.3 is 15.0 Å². The van der Waals surface area contributed by atoms with E-state index in [1.54, 1.807) is 17.0 Å². The van der Waals surface area contributed by atoms with Gasteiger partial charge in [0.05, 0.1) is 12.1 Å². The van der Waals surface area contributed by atoms with Crippen LogP contribution in [0.25, 0.3) is 0 Å². The number of nitrogens with one attached hydrogen (secondary N) is 1. The Morgan fingerprint density at radius 1 is 1.32 bits per heavy atom. The number of carbonyl (C=O) groups excluding carboxylic acids is 1. The van der Waals surface area contributed by atoms with E-state index in [9.17, 15) is 14.3 Å². The van der Waals surface area contributed by atoms with E-state index in [0.717, 1.165) is 16.8 Å². The van der Waals surface area contributed by atoms with Crippen molar-refractivity contribution in [1.82, 2.24) is 9.88 Å². The largest absolute Gasteiger partial charge is 0.391 e. The van der Waals surface area contributed by atoms with Gasteiger partial charge in [-0.15, -0.1) is 0 Å². The van der Waals surface area contributed by atoms with Gasteiger partial charge in [0.2, 0.25) is 0 Å². The third-order valence-electron chi connectivity index (χ3n) is 4.16. The first kappa shape index (κ1) is 14.8. The van der Waals surface area contributed by atoms with Crippen molar-refractivity contribution in [2.24, 2.45) is 0 Å². The Bertz CT molecular complexity index is 693. The highest BCUT2D eigenvalue weighted by atomic mass is 19.1. The molecule has 1 saturated heterocycles. The second-order valence-corrected chi connectivity index (χ2v) is 5.92. The number of β-amino-alcohol motifs (C(OH)–C–C–N with tert-alkyl or cyclic N) is 1. The maximum atomic E-state index is 13.1. The van der Waals surface area contributed by atoms with E-state index in [-0.39, 0.29) is 17.8 Å². The number of hydrogen-bond acceptors (Lipinski definition) is 2. The Kier molecular flexibility index (Phi) is 3.74. The number of carbonyl (C=O) groups is 1. The Morgan fingerprint density at radius 3 is 2.59 bits per heavy atom. The van der Waals surface area contributed by atoms with Gasteiger partial charge >= 0.3 is 0 Å². The van der Waals surface area contributed by atoms with E-state index < -0.39 is 6.10 Å². The summed E-state index contributed by atoms with van der Waals surface area (Å²) in [6.07, 6.45) is -0.0915. The van der Waals surface area contributed by atoms with Crippen molar-refractivity contribution in [1.29, 1.82) is 0 Å². The zero-order valence-electron chi connectivity index (χ0n) is 12.6. The minimum Gasteiger partial charge on any atom is -0.391 e. The Morgan fingerprint density at radius 2 is 2.00 bits per heavy atom. The molecule has 5 heteroatoms. The zero-order valence-corrected chi connectivity index (χ0v) is 12.6. The van der Waals surface area contributed by atoms with Crippen LogP contribution in [0, 0.1) is 19.7 Å². The number of aromatic amines is 1. The van der Waals surface area contributed by atoms with E-state index in [1.807, 2.05) is 19.9 Å². The van der Waals surface area contributed by atoms with Gasteiger partial charge in [-0.3, -0.25) is 4.79 Å². The minimum atomic E-state index is -0.560. The zero-order chi connectivity index (χ0) is 15.9. The molecule has 4 nitrogen and oxygen atoms in total. The molecule has 2 N–H and O–H groups in total. The number of nitrogens with zero attached hydrogens (tertiary/aromatic N) is 1. The molecule has 0 bridgehead atoms. The first-order valence-electron chi connectivity index (χ1n) is 7.36. The molecule has 0 spiro atoms. The maximum absolute atomic E-state index is 13.1. The monoisotopic (exact) mass is 302 g/mol. The van der Waals surface area contributed by atoms with Crippen molar-refractivity contribution in [3.8, 4) is 0 Å². The highest BCUT2D eigenvalue weighted by molar-refractivity contribution is 5.94. The first-order valence-corrected chi connectivity index (χ1v) is 7.36. The summed E-state index contributed by atoms with van der Waals surface area (Å²) in [5.41, 5.74) is 3.21. The minimum absolute atomic E-state index is 0.128. The quantitative estimate of drug-likeness (QED) is 0.896. The Labute approximate surface area is 128 Å².